The molecule has 0 spiro atoms. The zero-order valence-electron chi connectivity index (χ0n) is 14.5. The van der Waals surface area contributed by atoms with Crippen molar-refractivity contribution in [3.05, 3.63) is 23.8 Å². The fraction of sp³-hybridized carbons (Fsp3) is 0.529. The van der Waals surface area contributed by atoms with Crippen LogP contribution in [0.1, 0.15) is 5.56 Å². The van der Waals surface area contributed by atoms with Gasteiger partial charge in [-0.15, -0.1) is 0 Å². The Morgan fingerprint density at radius 1 is 1.00 bits per heavy atom. The molecule has 0 radical (unpaired) electrons. The number of aliphatic hydroxyl groups excluding tert-OH is 5. The molecule has 1 saturated heterocycles. The first kappa shape index (κ1) is 20.4. The topological polar surface area (TPSA) is 138 Å². The summed E-state index contributed by atoms with van der Waals surface area (Å²) in [6, 6.07) is 3.24. The van der Waals surface area contributed by atoms with E-state index in [1.165, 1.54) is 20.3 Å². The molecule has 0 aliphatic carbocycles. The summed E-state index contributed by atoms with van der Waals surface area (Å²) in [6.07, 6.45) is -3.88. The van der Waals surface area contributed by atoms with Gasteiger partial charge < -0.3 is 44.5 Å². The lowest BCUT2D eigenvalue weighted by atomic mass is 9.99. The van der Waals surface area contributed by atoms with Gasteiger partial charge in [0.25, 0.3) is 0 Å². The van der Waals surface area contributed by atoms with Crippen LogP contribution in [0, 0.1) is 0 Å². The van der Waals surface area contributed by atoms with Gasteiger partial charge in [0.05, 0.1) is 27.4 Å². The van der Waals surface area contributed by atoms with Crippen molar-refractivity contribution in [1.82, 2.24) is 0 Å². The van der Waals surface area contributed by atoms with Gasteiger partial charge in [0.15, 0.2) is 11.5 Å². The molecule has 5 N–H and O–H groups in total. The molecule has 0 aromatic heterocycles. The monoisotopic (exact) mass is 372 g/mol. The molecule has 1 fully saturated rings. The Labute approximate surface area is 150 Å². The number of methoxy groups -OCH3 is 2. The predicted octanol–water partition coefficient (Wildman–Crippen LogP) is -1.11. The van der Waals surface area contributed by atoms with Crippen LogP contribution in [0.2, 0.25) is 0 Å². The maximum absolute atomic E-state index is 10.1. The quantitative estimate of drug-likeness (QED) is 0.403. The molecule has 1 aliphatic heterocycles. The van der Waals surface area contributed by atoms with Crippen LogP contribution in [0.5, 0.6) is 17.2 Å². The molecule has 1 aromatic carbocycles. The normalized spacial score (nSPS) is 29.0. The summed E-state index contributed by atoms with van der Waals surface area (Å²) in [7, 11) is 2.82. The number of hydrogen-bond acceptors (Lipinski definition) is 9. The van der Waals surface area contributed by atoms with E-state index < -0.39 is 37.3 Å². The molecular formula is C17H24O9. The Morgan fingerprint density at radius 3 is 2.12 bits per heavy atom. The van der Waals surface area contributed by atoms with E-state index in [-0.39, 0.29) is 23.9 Å². The van der Waals surface area contributed by atoms with Crippen molar-refractivity contribution in [2.45, 2.75) is 30.7 Å². The fourth-order valence-electron chi connectivity index (χ4n) is 2.58. The number of benzene rings is 1. The molecule has 1 heterocycles. The van der Waals surface area contributed by atoms with Gasteiger partial charge in [0.1, 0.15) is 24.4 Å². The van der Waals surface area contributed by atoms with E-state index in [0.29, 0.717) is 5.56 Å². The molecule has 0 bridgehead atoms. The molecule has 0 saturated carbocycles. The predicted molar refractivity (Wildman–Crippen MR) is 90.1 cm³/mol. The van der Waals surface area contributed by atoms with E-state index >= 15 is 0 Å². The van der Waals surface area contributed by atoms with Crippen molar-refractivity contribution in [2.24, 2.45) is 0 Å². The Bertz CT molecular complexity index is 591. The molecular weight excluding hydrogens is 348 g/mol. The number of aliphatic hydroxyl groups is 5. The molecule has 0 unspecified atom stereocenters. The third kappa shape index (κ3) is 4.26. The highest BCUT2D eigenvalue weighted by molar-refractivity contribution is 5.62. The zero-order chi connectivity index (χ0) is 19.3. The summed E-state index contributed by atoms with van der Waals surface area (Å²) in [6.45, 7) is -0.697. The summed E-state index contributed by atoms with van der Waals surface area (Å²) in [4.78, 5) is 0. The number of rotatable bonds is 7. The Kier molecular flexibility index (Phi) is 7.21. The summed E-state index contributed by atoms with van der Waals surface area (Å²) in [5.74, 6) is 0.637. The third-order valence-corrected chi connectivity index (χ3v) is 3.98. The number of ether oxygens (including phenoxy) is 4. The van der Waals surface area contributed by atoms with Crippen LogP contribution in [-0.2, 0) is 4.74 Å². The Balaban J connectivity index is 2.33. The molecule has 9 heteroatoms. The van der Waals surface area contributed by atoms with E-state index in [1.807, 2.05) is 0 Å². The van der Waals surface area contributed by atoms with E-state index in [9.17, 15) is 20.4 Å². The molecule has 5 atom stereocenters. The SMILES string of the molecule is COc1cc(/C=C/CO)cc(OC)c1O[C@@H]1O[C@H](CO)[C@H](O)[C@H](O)[C@H]1O. The molecule has 2 rings (SSSR count). The first-order valence-electron chi connectivity index (χ1n) is 7.97. The highest BCUT2D eigenvalue weighted by Gasteiger charge is 2.45. The van der Waals surface area contributed by atoms with E-state index in [2.05, 4.69) is 0 Å². The maximum atomic E-state index is 10.1. The maximum Gasteiger partial charge on any atom is 0.229 e. The lowest BCUT2D eigenvalue weighted by Gasteiger charge is -2.39. The van der Waals surface area contributed by atoms with Gasteiger partial charge in [0.2, 0.25) is 12.0 Å². The van der Waals surface area contributed by atoms with Gasteiger partial charge in [-0.3, -0.25) is 0 Å². The Morgan fingerprint density at radius 2 is 1.62 bits per heavy atom. The van der Waals surface area contributed by atoms with Gasteiger partial charge in [-0.25, -0.2) is 0 Å². The van der Waals surface area contributed by atoms with Crippen molar-refractivity contribution >= 4 is 6.08 Å². The van der Waals surface area contributed by atoms with Crippen LogP contribution in [0.25, 0.3) is 6.08 Å². The molecule has 26 heavy (non-hydrogen) atoms. The van der Waals surface area contributed by atoms with Crippen LogP contribution < -0.4 is 14.2 Å². The van der Waals surface area contributed by atoms with Gasteiger partial charge >= 0.3 is 0 Å². The minimum absolute atomic E-state index is 0.112. The van der Waals surface area contributed by atoms with Crippen molar-refractivity contribution in [3.63, 3.8) is 0 Å². The smallest absolute Gasteiger partial charge is 0.229 e. The van der Waals surface area contributed by atoms with Gasteiger partial charge in [-0.1, -0.05) is 12.2 Å². The van der Waals surface area contributed by atoms with Crippen molar-refractivity contribution in [3.8, 4) is 17.2 Å². The van der Waals surface area contributed by atoms with Gasteiger partial charge in [-0.05, 0) is 17.7 Å². The fourth-order valence-corrected chi connectivity index (χ4v) is 2.58. The standard InChI is InChI=1S/C17H24O9/c1-23-10-6-9(4-3-5-18)7-11(24-2)16(10)26-17-15(22)14(21)13(20)12(8-19)25-17/h3-4,6-7,12-15,17-22H,5,8H2,1-2H3/b4-3+/t12-,13+,14+,15-,17+/m1/s1. The van der Waals surface area contributed by atoms with E-state index in [0.717, 1.165) is 0 Å². The molecule has 9 nitrogen and oxygen atoms in total. The second-order valence-electron chi connectivity index (χ2n) is 5.65. The largest absolute Gasteiger partial charge is 0.493 e. The molecule has 1 aromatic rings. The van der Waals surface area contributed by atoms with Gasteiger partial charge in [-0.2, -0.15) is 0 Å². The summed E-state index contributed by atoms with van der Waals surface area (Å²) < 4.78 is 21.6. The first-order valence-corrected chi connectivity index (χ1v) is 7.97. The van der Waals surface area contributed by atoms with Crippen LogP contribution >= 0.6 is 0 Å². The zero-order valence-corrected chi connectivity index (χ0v) is 14.5. The first-order chi connectivity index (χ1) is 12.5. The lowest BCUT2D eigenvalue weighted by Crippen LogP contribution is -2.60. The van der Waals surface area contributed by atoms with Gasteiger partial charge in [0, 0.05) is 0 Å². The molecule has 0 amide bonds. The van der Waals surface area contributed by atoms with E-state index in [4.69, 9.17) is 24.1 Å². The van der Waals surface area contributed by atoms with Crippen LogP contribution in [0.15, 0.2) is 18.2 Å². The minimum atomic E-state index is -1.56. The summed E-state index contributed by atoms with van der Waals surface area (Å²) in [5, 5.41) is 48.0. The summed E-state index contributed by atoms with van der Waals surface area (Å²) >= 11 is 0. The van der Waals surface area contributed by atoms with Crippen molar-refractivity contribution in [1.29, 1.82) is 0 Å². The minimum Gasteiger partial charge on any atom is -0.493 e. The third-order valence-electron chi connectivity index (χ3n) is 3.98. The van der Waals surface area contributed by atoms with E-state index in [1.54, 1.807) is 18.2 Å². The van der Waals surface area contributed by atoms with Crippen molar-refractivity contribution < 1.29 is 44.5 Å². The Hall–Kier alpha value is -1.88. The molecule has 146 valence electrons. The van der Waals surface area contributed by atoms with Crippen LogP contribution in [0.4, 0.5) is 0 Å². The lowest BCUT2D eigenvalue weighted by molar-refractivity contribution is -0.277. The second-order valence-corrected chi connectivity index (χ2v) is 5.65. The van der Waals surface area contributed by atoms with Crippen molar-refractivity contribution in [2.75, 3.05) is 27.4 Å². The summed E-state index contributed by atoms with van der Waals surface area (Å²) in [5.41, 5.74) is 0.675. The average molecular weight is 372 g/mol. The highest BCUT2D eigenvalue weighted by atomic mass is 16.7. The second kappa shape index (κ2) is 9.17. The average Bonchev–Trinajstić information content (AvgIpc) is 2.66. The number of hydrogen-bond donors (Lipinski definition) is 5. The molecule has 1 aliphatic rings. The highest BCUT2D eigenvalue weighted by Crippen LogP contribution is 2.40. The van der Waals surface area contributed by atoms with Crippen LogP contribution in [-0.4, -0.2) is 83.7 Å². The van der Waals surface area contributed by atoms with Crippen LogP contribution in [0.3, 0.4) is 0 Å².